The van der Waals surface area contributed by atoms with Gasteiger partial charge < -0.3 is 10.2 Å². The van der Waals surface area contributed by atoms with Crippen LogP contribution in [0.2, 0.25) is 5.02 Å². The van der Waals surface area contributed by atoms with Gasteiger partial charge in [0.05, 0.1) is 15.2 Å². The van der Waals surface area contributed by atoms with E-state index in [9.17, 15) is 19.5 Å². The number of carbonyl (C=O) groups excluding carboxylic acids is 1. The molecular formula is C14H12ClN3O5S. The number of imide groups is 1. The number of hydrogen-bond acceptors (Lipinski definition) is 5. The Kier molecular flexibility index (Phi) is 4.29. The third kappa shape index (κ3) is 2.87. The summed E-state index contributed by atoms with van der Waals surface area (Å²) < 4.78 is 0.745. The number of thiophene rings is 1. The van der Waals surface area contributed by atoms with Crippen LogP contribution in [0, 0.1) is 0 Å². The van der Waals surface area contributed by atoms with Crippen molar-refractivity contribution in [3.63, 3.8) is 0 Å². The van der Waals surface area contributed by atoms with E-state index in [4.69, 9.17) is 16.7 Å². The van der Waals surface area contributed by atoms with Crippen molar-refractivity contribution < 1.29 is 24.6 Å². The molecule has 0 spiro atoms. The first-order valence-electron chi connectivity index (χ1n) is 6.95. The highest BCUT2D eigenvalue weighted by Gasteiger charge is 2.40. The maximum Gasteiger partial charge on any atom is 0.414 e. The molecule has 0 saturated carbocycles. The predicted molar refractivity (Wildman–Crippen MR) is 86.6 cm³/mol. The molecule has 1 saturated heterocycles. The van der Waals surface area contributed by atoms with E-state index < -0.39 is 24.1 Å². The predicted octanol–water partition coefficient (Wildman–Crippen LogP) is 2.36. The van der Waals surface area contributed by atoms with Gasteiger partial charge in [0.2, 0.25) is 0 Å². The highest BCUT2D eigenvalue weighted by molar-refractivity contribution is 7.19. The van der Waals surface area contributed by atoms with E-state index in [0.29, 0.717) is 20.3 Å². The van der Waals surface area contributed by atoms with Crippen LogP contribution in [-0.2, 0) is 11.2 Å². The molecule has 0 radical (unpaired) electrons. The van der Waals surface area contributed by atoms with Gasteiger partial charge >= 0.3 is 12.2 Å². The van der Waals surface area contributed by atoms with Gasteiger partial charge in [-0.25, -0.2) is 14.5 Å². The Balaban J connectivity index is 1.93. The minimum absolute atomic E-state index is 0.0536. The van der Waals surface area contributed by atoms with E-state index in [0.717, 1.165) is 9.60 Å². The topological polar surface area (TPSA) is 111 Å². The minimum Gasteiger partial charge on any atom is -0.465 e. The van der Waals surface area contributed by atoms with Crippen LogP contribution in [0.15, 0.2) is 18.3 Å². The number of rotatable bonds is 2. The first-order chi connectivity index (χ1) is 11.4. The van der Waals surface area contributed by atoms with Crippen LogP contribution in [0.1, 0.15) is 4.88 Å². The largest absolute Gasteiger partial charge is 0.465 e. The molecule has 1 atom stereocenters. The molecule has 3 heterocycles. The number of fused-ring (bicyclic) bond motifs is 1. The van der Waals surface area contributed by atoms with E-state index in [2.05, 4.69) is 4.98 Å². The number of nitrogens with zero attached hydrogens (tertiary/aromatic N) is 3. The second-order valence-corrected chi connectivity index (χ2v) is 6.73. The van der Waals surface area contributed by atoms with Crippen LogP contribution in [0.25, 0.3) is 10.2 Å². The molecule has 2 aromatic rings. The number of halogens is 1. The fourth-order valence-corrected chi connectivity index (χ4v) is 3.98. The molecule has 10 heteroatoms. The maximum absolute atomic E-state index is 12.4. The standard InChI is InChI=1S/C14H12ClN3O5S/c15-8-1-2-16-9-5-7(24-11(8)9)6-10-12(19)18(14(22)23)4-3-17(10)13(20)21/h1-2,5,10H,3-4,6H2,(H,20,21)(H,22,23). The third-order valence-corrected chi connectivity index (χ3v) is 5.38. The van der Waals surface area contributed by atoms with Gasteiger partial charge in [-0.2, -0.15) is 0 Å². The first kappa shape index (κ1) is 16.5. The van der Waals surface area contributed by atoms with Gasteiger partial charge in [-0.3, -0.25) is 14.7 Å². The van der Waals surface area contributed by atoms with Crippen molar-refractivity contribution in [2.24, 2.45) is 0 Å². The van der Waals surface area contributed by atoms with Crippen LogP contribution in [0.5, 0.6) is 0 Å². The Morgan fingerprint density at radius 3 is 2.71 bits per heavy atom. The lowest BCUT2D eigenvalue weighted by atomic mass is 10.1. The molecular weight excluding hydrogens is 358 g/mol. The summed E-state index contributed by atoms with van der Waals surface area (Å²) in [6, 6.07) is 2.30. The zero-order valence-electron chi connectivity index (χ0n) is 12.2. The number of amides is 3. The molecule has 3 rings (SSSR count). The SMILES string of the molecule is O=C(O)N1CCN(C(=O)O)C(Cc2cc3nccc(Cl)c3s2)C1=O. The van der Waals surface area contributed by atoms with Crippen LogP contribution in [0.3, 0.4) is 0 Å². The minimum atomic E-state index is -1.38. The molecule has 8 nitrogen and oxygen atoms in total. The summed E-state index contributed by atoms with van der Waals surface area (Å²) in [7, 11) is 0. The first-order valence-corrected chi connectivity index (χ1v) is 8.14. The Bertz CT molecular complexity index is 839. The maximum atomic E-state index is 12.4. The fraction of sp³-hybridized carbons (Fsp3) is 0.286. The second kappa shape index (κ2) is 6.25. The van der Waals surface area contributed by atoms with E-state index in [1.165, 1.54) is 11.3 Å². The van der Waals surface area contributed by atoms with Crippen LogP contribution in [-0.4, -0.2) is 62.2 Å². The molecule has 1 fully saturated rings. The Morgan fingerprint density at radius 1 is 1.33 bits per heavy atom. The molecule has 24 heavy (non-hydrogen) atoms. The molecule has 0 aromatic carbocycles. The van der Waals surface area contributed by atoms with Crippen molar-refractivity contribution in [1.29, 1.82) is 0 Å². The number of carbonyl (C=O) groups is 3. The molecule has 1 aliphatic heterocycles. The average Bonchev–Trinajstić information content (AvgIpc) is 2.92. The third-order valence-electron chi connectivity index (χ3n) is 3.78. The van der Waals surface area contributed by atoms with Crippen molar-refractivity contribution in [2.45, 2.75) is 12.5 Å². The highest BCUT2D eigenvalue weighted by atomic mass is 35.5. The molecule has 2 N–H and O–H groups in total. The number of aromatic nitrogens is 1. The van der Waals surface area contributed by atoms with E-state index in [1.54, 1.807) is 18.3 Å². The lowest BCUT2D eigenvalue weighted by Crippen LogP contribution is -2.60. The van der Waals surface area contributed by atoms with Gasteiger partial charge in [0.25, 0.3) is 5.91 Å². The molecule has 0 bridgehead atoms. The van der Waals surface area contributed by atoms with Crippen molar-refractivity contribution in [2.75, 3.05) is 13.1 Å². The van der Waals surface area contributed by atoms with Crippen LogP contribution < -0.4 is 0 Å². The van der Waals surface area contributed by atoms with Crippen molar-refractivity contribution in [1.82, 2.24) is 14.8 Å². The zero-order chi connectivity index (χ0) is 17.4. The van der Waals surface area contributed by atoms with Gasteiger partial charge in [0.15, 0.2) is 0 Å². The Labute approximate surface area is 144 Å². The van der Waals surface area contributed by atoms with E-state index >= 15 is 0 Å². The van der Waals surface area contributed by atoms with Gasteiger partial charge in [0.1, 0.15) is 6.04 Å². The summed E-state index contributed by atoms with van der Waals surface area (Å²) in [4.78, 5) is 41.4. The highest BCUT2D eigenvalue weighted by Crippen LogP contribution is 2.31. The lowest BCUT2D eigenvalue weighted by Gasteiger charge is -2.36. The Morgan fingerprint density at radius 2 is 2.08 bits per heavy atom. The average molecular weight is 370 g/mol. The summed E-state index contributed by atoms with van der Waals surface area (Å²) in [5.74, 6) is -0.743. The summed E-state index contributed by atoms with van der Waals surface area (Å²) in [5.41, 5.74) is 0.655. The fourth-order valence-electron chi connectivity index (χ4n) is 2.65. The van der Waals surface area contributed by atoms with Gasteiger partial charge in [-0.1, -0.05) is 11.6 Å². The molecule has 3 amide bonds. The molecule has 0 aliphatic carbocycles. The van der Waals surface area contributed by atoms with Gasteiger partial charge in [-0.15, -0.1) is 11.3 Å². The Hall–Kier alpha value is -2.39. The molecule has 1 aliphatic rings. The second-order valence-electron chi connectivity index (χ2n) is 5.19. The van der Waals surface area contributed by atoms with Crippen molar-refractivity contribution >= 4 is 51.2 Å². The lowest BCUT2D eigenvalue weighted by molar-refractivity contribution is -0.137. The van der Waals surface area contributed by atoms with Gasteiger partial charge in [-0.05, 0) is 12.1 Å². The summed E-state index contributed by atoms with van der Waals surface area (Å²) in [5, 5.41) is 18.9. The monoisotopic (exact) mass is 369 g/mol. The number of carboxylic acid groups (broad SMARTS) is 2. The molecule has 126 valence electrons. The van der Waals surface area contributed by atoms with Crippen LogP contribution in [0.4, 0.5) is 9.59 Å². The van der Waals surface area contributed by atoms with Gasteiger partial charge in [0, 0.05) is 30.6 Å². The van der Waals surface area contributed by atoms with Crippen molar-refractivity contribution in [3.8, 4) is 0 Å². The van der Waals surface area contributed by atoms with E-state index in [1.807, 2.05) is 0 Å². The normalized spacial score (nSPS) is 18.2. The number of pyridine rings is 1. The molecule has 2 aromatic heterocycles. The summed E-state index contributed by atoms with van der Waals surface area (Å²) in [6.45, 7) is -0.224. The van der Waals surface area contributed by atoms with Crippen molar-refractivity contribution in [3.05, 3.63) is 28.2 Å². The molecule has 1 unspecified atom stereocenters. The quantitative estimate of drug-likeness (QED) is 0.840. The summed E-state index contributed by atoms with van der Waals surface area (Å²) in [6.07, 6.45) is -0.999. The number of hydrogen-bond donors (Lipinski definition) is 2. The number of piperazine rings is 1. The zero-order valence-corrected chi connectivity index (χ0v) is 13.8. The van der Waals surface area contributed by atoms with E-state index in [-0.39, 0.29) is 19.5 Å². The summed E-state index contributed by atoms with van der Waals surface area (Å²) >= 11 is 7.41. The smallest absolute Gasteiger partial charge is 0.414 e. The van der Waals surface area contributed by atoms with Crippen LogP contribution >= 0.6 is 22.9 Å².